The van der Waals surface area contributed by atoms with Crippen molar-refractivity contribution in [2.75, 3.05) is 6.54 Å². The minimum atomic E-state index is 0.766. The molecule has 1 aromatic heterocycles. The second-order valence-electron chi connectivity index (χ2n) is 3.74. The summed E-state index contributed by atoms with van der Waals surface area (Å²) >= 11 is 0. The highest BCUT2D eigenvalue weighted by molar-refractivity contribution is 5.83. The average molecular weight is 188 g/mol. The van der Waals surface area contributed by atoms with Crippen molar-refractivity contribution in [3.63, 3.8) is 0 Å². The first kappa shape index (κ1) is 9.28. The van der Waals surface area contributed by atoms with Crippen LogP contribution in [0.25, 0.3) is 10.9 Å². The van der Waals surface area contributed by atoms with Gasteiger partial charge in [-0.25, -0.2) is 0 Å². The molecule has 0 spiro atoms. The van der Waals surface area contributed by atoms with Crippen molar-refractivity contribution in [1.29, 1.82) is 0 Å². The number of benzene rings is 1. The molecule has 2 aromatic rings. The number of hydrogen-bond acceptors (Lipinski definition) is 1. The van der Waals surface area contributed by atoms with E-state index in [4.69, 9.17) is 5.73 Å². The molecule has 0 radical (unpaired) electrons. The Balaban J connectivity index is 2.32. The zero-order valence-corrected chi connectivity index (χ0v) is 8.51. The van der Waals surface area contributed by atoms with Crippen molar-refractivity contribution in [2.24, 2.45) is 5.73 Å². The van der Waals surface area contributed by atoms with Crippen LogP contribution in [0.15, 0.2) is 24.4 Å². The maximum atomic E-state index is 5.49. The van der Waals surface area contributed by atoms with Crippen molar-refractivity contribution in [3.8, 4) is 0 Å². The topological polar surface area (TPSA) is 41.8 Å². The molecule has 74 valence electrons. The molecule has 1 heterocycles. The summed E-state index contributed by atoms with van der Waals surface area (Å²) in [6, 6.07) is 6.60. The lowest BCUT2D eigenvalue weighted by Gasteiger charge is -2.00. The van der Waals surface area contributed by atoms with Gasteiger partial charge in [-0.1, -0.05) is 12.1 Å². The first-order chi connectivity index (χ1) is 6.81. The molecular weight excluding hydrogens is 172 g/mol. The van der Waals surface area contributed by atoms with E-state index in [0.717, 1.165) is 19.4 Å². The number of nitrogens with two attached hydrogens (primary N) is 1. The SMILES string of the molecule is Cc1c[nH]c2cc(CCCN)ccc12. The Morgan fingerprint density at radius 2 is 2.21 bits per heavy atom. The van der Waals surface area contributed by atoms with Gasteiger partial charge in [0.05, 0.1) is 0 Å². The van der Waals surface area contributed by atoms with Crippen molar-refractivity contribution >= 4 is 10.9 Å². The molecule has 2 heteroatoms. The largest absolute Gasteiger partial charge is 0.361 e. The first-order valence-electron chi connectivity index (χ1n) is 5.08. The Morgan fingerprint density at radius 3 is 3.00 bits per heavy atom. The highest BCUT2D eigenvalue weighted by Crippen LogP contribution is 2.19. The maximum Gasteiger partial charge on any atom is 0.0459 e. The molecule has 0 saturated heterocycles. The van der Waals surface area contributed by atoms with E-state index in [1.807, 2.05) is 0 Å². The van der Waals surface area contributed by atoms with Gasteiger partial charge in [0.25, 0.3) is 0 Å². The molecule has 0 atom stereocenters. The van der Waals surface area contributed by atoms with E-state index in [1.54, 1.807) is 0 Å². The van der Waals surface area contributed by atoms with Crippen LogP contribution in [0.4, 0.5) is 0 Å². The molecule has 2 nitrogen and oxygen atoms in total. The minimum Gasteiger partial charge on any atom is -0.361 e. The van der Waals surface area contributed by atoms with Gasteiger partial charge in [-0.05, 0) is 43.5 Å². The zero-order chi connectivity index (χ0) is 9.97. The fourth-order valence-corrected chi connectivity index (χ4v) is 1.78. The van der Waals surface area contributed by atoms with Crippen LogP contribution in [0.1, 0.15) is 17.5 Å². The van der Waals surface area contributed by atoms with Crippen LogP contribution in [0.2, 0.25) is 0 Å². The molecule has 0 aliphatic carbocycles. The van der Waals surface area contributed by atoms with Gasteiger partial charge in [0.1, 0.15) is 0 Å². The molecule has 1 aromatic carbocycles. The fourth-order valence-electron chi connectivity index (χ4n) is 1.78. The highest BCUT2D eigenvalue weighted by Gasteiger charge is 2.00. The average Bonchev–Trinajstić information content (AvgIpc) is 2.57. The molecule has 0 unspecified atom stereocenters. The van der Waals surface area contributed by atoms with Crippen molar-refractivity contribution in [2.45, 2.75) is 19.8 Å². The van der Waals surface area contributed by atoms with Gasteiger partial charge in [-0.15, -0.1) is 0 Å². The van der Waals surface area contributed by atoms with Crippen LogP contribution in [0.5, 0.6) is 0 Å². The zero-order valence-electron chi connectivity index (χ0n) is 8.51. The number of aromatic amines is 1. The van der Waals surface area contributed by atoms with Gasteiger partial charge in [0, 0.05) is 17.1 Å². The lowest BCUT2D eigenvalue weighted by Crippen LogP contribution is -2.00. The van der Waals surface area contributed by atoms with E-state index in [9.17, 15) is 0 Å². The second kappa shape index (κ2) is 3.84. The standard InChI is InChI=1S/C12H16N2/c1-9-8-14-12-7-10(3-2-6-13)4-5-11(9)12/h4-5,7-8,14H,2-3,6,13H2,1H3. The summed E-state index contributed by atoms with van der Waals surface area (Å²) < 4.78 is 0. The monoisotopic (exact) mass is 188 g/mol. The molecule has 0 aliphatic rings. The molecule has 3 N–H and O–H groups in total. The lowest BCUT2D eigenvalue weighted by molar-refractivity contribution is 0.833. The maximum absolute atomic E-state index is 5.49. The van der Waals surface area contributed by atoms with Crippen LogP contribution in [-0.2, 0) is 6.42 Å². The van der Waals surface area contributed by atoms with Crippen molar-refractivity contribution in [3.05, 3.63) is 35.5 Å². The van der Waals surface area contributed by atoms with Crippen LogP contribution in [0, 0.1) is 6.92 Å². The second-order valence-corrected chi connectivity index (χ2v) is 3.74. The van der Waals surface area contributed by atoms with Gasteiger partial charge in [0.2, 0.25) is 0 Å². The summed E-state index contributed by atoms with van der Waals surface area (Å²) in [5, 5.41) is 1.32. The van der Waals surface area contributed by atoms with Crippen LogP contribution < -0.4 is 5.73 Å². The van der Waals surface area contributed by atoms with Gasteiger partial charge in [0.15, 0.2) is 0 Å². The molecule has 0 fully saturated rings. The van der Waals surface area contributed by atoms with Gasteiger partial charge < -0.3 is 10.7 Å². The molecule has 0 saturated carbocycles. The quantitative estimate of drug-likeness (QED) is 0.763. The Kier molecular flexibility index (Phi) is 2.55. The van der Waals surface area contributed by atoms with Gasteiger partial charge >= 0.3 is 0 Å². The van der Waals surface area contributed by atoms with E-state index >= 15 is 0 Å². The summed E-state index contributed by atoms with van der Waals surface area (Å²) in [7, 11) is 0. The molecule has 14 heavy (non-hydrogen) atoms. The summed E-state index contributed by atoms with van der Waals surface area (Å²) in [4.78, 5) is 3.27. The third-order valence-corrected chi connectivity index (χ3v) is 2.62. The Bertz CT molecular complexity index is 429. The molecular formula is C12H16N2. The Labute approximate surface area is 84.1 Å². The van der Waals surface area contributed by atoms with Gasteiger partial charge in [-0.2, -0.15) is 0 Å². The number of rotatable bonds is 3. The number of aromatic nitrogens is 1. The molecule has 2 rings (SSSR count). The normalized spacial score (nSPS) is 11.0. The summed E-state index contributed by atoms with van der Waals surface area (Å²) in [5.74, 6) is 0. The van der Waals surface area contributed by atoms with E-state index < -0.39 is 0 Å². The number of hydrogen-bond donors (Lipinski definition) is 2. The van der Waals surface area contributed by atoms with Gasteiger partial charge in [-0.3, -0.25) is 0 Å². The van der Waals surface area contributed by atoms with Crippen LogP contribution >= 0.6 is 0 Å². The van der Waals surface area contributed by atoms with Crippen LogP contribution in [-0.4, -0.2) is 11.5 Å². The molecule has 0 aliphatic heterocycles. The van der Waals surface area contributed by atoms with Crippen molar-refractivity contribution < 1.29 is 0 Å². The van der Waals surface area contributed by atoms with E-state index in [2.05, 4.69) is 36.3 Å². The Morgan fingerprint density at radius 1 is 1.36 bits per heavy atom. The highest BCUT2D eigenvalue weighted by atomic mass is 14.7. The fraction of sp³-hybridized carbons (Fsp3) is 0.333. The van der Waals surface area contributed by atoms with E-state index in [1.165, 1.54) is 22.0 Å². The predicted molar refractivity (Wildman–Crippen MR) is 60.4 cm³/mol. The smallest absolute Gasteiger partial charge is 0.0459 e. The summed E-state index contributed by atoms with van der Waals surface area (Å²) in [6.45, 7) is 2.89. The minimum absolute atomic E-state index is 0.766. The lowest BCUT2D eigenvalue weighted by atomic mass is 10.1. The van der Waals surface area contributed by atoms with E-state index in [0.29, 0.717) is 0 Å². The number of H-pyrrole nitrogens is 1. The summed E-state index contributed by atoms with van der Waals surface area (Å²) in [5.41, 5.74) is 9.39. The van der Waals surface area contributed by atoms with E-state index in [-0.39, 0.29) is 0 Å². The third-order valence-electron chi connectivity index (χ3n) is 2.62. The predicted octanol–water partition coefficient (Wildman–Crippen LogP) is 2.37. The molecule has 0 bridgehead atoms. The molecule has 0 amide bonds. The number of fused-ring (bicyclic) bond motifs is 1. The first-order valence-corrected chi connectivity index (χ1v) is 5.08. The van der Waals surface area contributed by atoms with Crippen molar-refractivity contribution in [1.82, 2.24) is 4.98 Å². The number of aryl methyl sites for hydroxylation is 2. The Hall–Kier alpha value is -1.28. The van der Waals surface area contributed by atoms with Crippen LogP contribution in [0.3, 0.4) is 0 Å². The third kappa shape index (κ3) is 1.66. The number of nitrogens with one attached hydrogen (secondary N) is 1. The summed E-state index contributed by atoms with van der Waals surface area (Å²) in [6.07, 6.45) is 4.19.